The number of allylic oxidation sites excluding steroid dienone is 1. The van der Waals surface area contributed by atoms with Gasteiger partial charge in [-0.25, -0.2) is 9.79 Å². The van der Waals surface area contributed by atoms with Crippen molar-refractivity contribution in [1.29, 1.82) is 0 Å². The van der Waals surface area contributed by atoms with E-state index in [1.807, 2.05) is 52.9 Å². The molecule has 0 amide bonds. The van der Waals surface area contributed by atoms with E-state index in [0.717, 1.165) is 5.56 Å². The van der Waals surface area contributed by atoms with Crippen molar-refractivity contribution >= 4 is 46.0 Å². The zero-order chi connectivity index (χ0) is 24.6. The maximum atomic E-state index is 13.6. The normalized spacial score (nSPS) is 15.8. The van der Waals surface area contributed by atoms with Crippen LogP contribution in [0.3, 0.4) is 0 Å². The molecule has 1 aliphatic heterocycles. The SMILES string of the molecule is COc1cc(C=c2sc3n(c2=O)C(c2ccccc2)C(C(=O)OC(C)C)=C(C)N=3)cc(I)c1O. The molecule has 7 nitrogen and oxygen atoms in total. The van der Waals surface area contributed by atoms with Gasteiger partial charge in [0.15, 0.2) is 16.3 Å². The number of ether oxygens (including phenoxy) is 2. The van der Waals surface area contributed by atoms with E-state index in [9.17, 15) is 14.7 Å². The second kappa shape index (κ2) is 9.75. The third-order valence-corrected chi connectivity index (χ3v) is 7.07. The predicted octanol–water partition coefficient (Wildman–Crippen LogP) is 3.51. The van der Waals surface area contributed by atoms with Crippen molar-refractivity contribution in [2.45, 2.75) is 32.9 Å². The first-order valence-corrected chi connectivity index (χ1v) is 12.5. The molecule has 2 heterocycles. The highest BCUT2D eigenvalue weighted by molar-refractivity contribution is 14.1. The van der Waals surface area contributed by atoms with Crippen LogP contribution in [-0.4, -0.2) is 28.9 Å². The minimum atomic E-state index is -0.652. The summed E-state index contributed by atoms with van der Waals surface area (Å²) in [5, 5.41) is 10.1. The maximum Gasteiger partial charge on any atom is 0.338 e. The van der Waals surface area contributed by atoms with Crippen LogP contribution in [-0.2, 0) is 9.53 Å². The number of carbonyl (C=O) groups excluding carboxylic acids is 1. The summed E-state index contributed by atoms with van der Waals surface area (Å²) in [7, 11) is 1.48. The topological polar surface area (TPSA) is 90.1 Å². The minimum Gasteiger partial charge on any atom is -0.504 e. The molecule has 0 saturated carbocycles. The van der Waals surface area contributed by atoms with Crippen molar-refractivity contribution in [3.05, 3.63) is 88.1 Å². The summed E-state index contributed by atoms with van der Waals surface area (Å²) in [4.78, 5) is 31.8. The number of benzene rings is 2. The molecule has 9 heteroatoms. The number of thiazole rings is 1. The number of halogens is 1. The Morgan fingerprint density at radius 2 is 1.97 bits per heavy atom. The van der Waals surface area contributed by atoms with Gasteiger partial charge in [0, 0.05) is 0 Å². The fraction of sp³-hybridized carbons (Fsp3) is 0.240. The van der Waals surface area contributed by atoms with Gasteiger partial charge in [-0.15, -0.1) is 0 Å². The molecule has 1 N–H and O–H groups in total. The molecule has 3 aromatic rings. The Kier molecular flexibility index (Phi) is 6.94. The highest BCUT2D eigenvalue weighted by atomic mass is 127. The Balaban J connectivity index is 1.94. The van der Waals surface area contributed by atoms with Crippen molar-refractivity contribution in [2.24, 2.45) is 4.99 Å². The summed E-state index contributed by atoms with van der Waals surface area (Å²) in [6, 6.07) is 12.2. The van der Waals surface area contributed by atoms with E-state index < -0.39 is 12.0 Å². The van der Waals surface area contributed by atoms with E-state index in [2.05, 4.69) is 4.99 Å². The minimum absolute atomic E-state index is 0.0507. The van der Waals surface area contributed by atoms with E-state index in [-0.39, 0.29) is 17.4 Å². The standard InChI is InChI=1S/C25H23IN2O5S/c1-13(2)33-24(31)20-14(3)27-25-28(21(20)16-8-6-5-7-9-16)23(30)19(34-25)12-15-10-17(26)22(29)18(11-15)32-4/h5-13,21,29H,1-4H3. The number of nitrogens with zero attached hydrogens (tertiary/aromatic N) is 2. The number of aromatic hydroxyl groups is 1. The summed E-state index contributed by atoms with van der Waals surface area (Å²) >= 11 is 3.26. The molecule has 0 aliphatic carbocycles. The van der Waals surface area contributed by atoms with E-state index >= 15 is 0 Å². The molecular weight excluding hydrogens is 567 g/mol. The third kappa shape index (κ3) is 4.54. The van der Waals surface area contributed by atoms with Crippen LogP contribution in [0.5, 0.6) is 11.5 Å². The molecule has 1 unspecified atom stereocenters. The highest BCUT2D eigenvalue weighted by Crippen LogP contribution is 2.33. The number of phenols is 1. The average Bonchev–Trinajstić information content (AvgIpc) is 3.09. The third-order valence-electron chi connectivity index (χ3n) is 5.27. The van der Waals surface area contributed by atoms with E-state index in [1.54, 1.807) is 43.5 Å². The average molecular weight is 590 g/mol. The fourth-order valence-electron chi connectivity index (χ4n) is 3.80. The van der Waals surface area contributed by atoms with Crippen LogP contribution in [0.1, 0.15) is 37.9 Å². The molecule has 1 aliphatic rings. The van der Waals surface area contributed by atoms with Crippen LogP contribution in [0.2, 0.25) is 0 Å². The van der Waals surface area contributed by atoms with Gasteiger partial charge in [0.2, 0.25) is 0 Å². The largest absolute Gasteiger partial charge is 0.504 e. The Hall–Kier alpha value is -2.92. The lowest BCUT2D eigenvalue weighted by atomic mass is 9.96. The zero-order valence-electron chi connectivity index (χ0n) is 19.0. The van der Waals surface area contributed by atoms with Crippen molar-refractivity contribution < 1.29 is 19.4 Å². The maximum absolute atomic E-state index is 13.6. The van der Waals surface area contributed by atoms with Gasteiger partial charge in [-0.1, -0.05) is 41.7 Å². The first-order valence-electron chi connectivity index (χ1n) is 10.6. The lowest BCUT2D eigenvalue weighted by molar-refractivity contribution is -0.143. The molecule has 2 aromatic carbocycles. The summed E-state index contributed by atoms with van der Waals surface area (Å²) < 4.78 is 13.4. The Labute approximate surface area is 213 Å². The zero-order valence-corrected chi connectivity index (χ0v) is 22.0. The lowest BCUT2D eigenvalue weighted by Crippen LogP contribution is -2.40. The number of aromatic nitrogens is 1. The molecule has 1 atom stereocenters. The summed E-state index contributed by atoms with van der Waals surface area (Å²) in [5.74, 6) is -0.116. The monoisotopic (exact) mass is 590 g/mol. The van der Waals surface area contributed by atoms with Crippen LogP contribution in [0.15, 0.2) is 63.5 Å². The first kappa shape index (κ1) is 24.2. The number of methoxy groups -OCH3 is 1. The number of rotatable bonds is 5. The van der Waals surface area contributed by atoms with Gasteiger partial charge < -0.3 is 14.6 Å². The van der Waals surface area contributed by atoms with Crippen LogP contribution in [0.4, 0.5) is 0 Å². The quantitative estimate of drug-likeness (QED) is 0.363. The van der Waals surface area contributed by atoms with Crippen LogP contribution in [0, 0.1) is 3.57 Å². The van der Waals surface area contributed by atoms with Gasteiger partial charge in [-0.2, -0.15) is 0 Å². The van der Waals surface area contributed by atoms with Crippen molar-refractivity contribution in [1.82, 2.24) is 4.57 Å². The molecule has 0 saturated heterocycles. The van der Waals surface area contributed by atoms with Crippen molar-refractivity contribution in [2.75, 3.05) is 7.11 Å². The van der Waals surface area contributed by atoms with Crippen molar-refractivity contribution in [3.63, 3.8) is 0 Å². The number of esters is 1. The number of hydrogen-bond acceptors (Lipinski definition) is 7. The van der Waals surface area contributed by atoms with E-state index in [1.165, 1.54) is 18.4 Å². The molecule has 4 rings (SSSR count). The van der Waals surface area contributed by atoms with Gasteiger partial charge in [0.05, 0.1) is 38.6 Å². The molecule has 1 aromatic heterocycles. The van der Waals surface area contributed by atoms with Crippen LogP contribution < -0.4 is 19.6 Å². The molecule has 0 spiro atoms. The second-order valence-corrected chi connectivity index (χ2v) is 10.2. The number of hydrogen-bond donors (Lipinski definition) is 1. The van der Waals surface area contributed by atoms with Gasteiger partial charge in [-0.3, -0.25) is 9.36 Å². The Bertz CT molecular complexity index is 1470. The predicted molar refractivity (Wildman–Crippen MR) is 139 cm³/mol. The Morgan fingerprint density at radius 1 is 1.26 bits per heavy atom. The summed E-state index contributed by atoms with van der Waals surface area (Å²) in [6.45, 7) is 5.33. The molecule has 0 fully saturated rings. The summed E-state index contributed by atoms with van der Waals surface area (Å²) in [6.07, 6.45) is 1.43. The van der Waals surface area contributed by atoms with Gasteiger partial charge in [-0.05, 0) is 72.7 Å². The number of carbonyl (C=O) groups is 1. The van der Waals surface area contributed by atoms with Gasteiger partial charge in [0.25, 0.3) is 5.56 Å². The smallest absolute Gasteiger partial charge is 0.338 e. The number of fused-ring (bicyclic) bond motifs is 1. The highest BCUT2D eigenvalue weighted by Gasteiger charge is 2.33. The molecule has 0 bridgehead atoms. The summed E-state index contributed by atoms with van der Waals surface area (Å²) in [5.41, 5.74) is 2.10. The molecule has 176 valence electrons. The van der Waals surface area contributed by atoms with E-state index in [0.29, 0.717) is 35.5 Å². The lowest BCUT2D eigenvalue weighted by Gasteiger charge is -2.25. The number of phenolic OH excluding ortho intramolecular Hbond substituents is 1. The molecule has 0 radical (unpaired) electrons. The first-order chi connectivity index (χ1) is 16.2. The molecular formula is C25H23IN2O5S. The molecule has 34 heavy (non-hydrogen) atoms. The second-order valence-electron chi connectivity index (χ2n) is 8.00. The van der Waals surface area contributed by atoms with Crippen LogP contribution >= 0.6 is 33.9 Å². The van der Waals surface area contributed by atoms with Gasteiger partial charge in [0.1, 0.15) is 0 Å². The Morgan fingerprint density at radius 3 is 2.62 bits per heavy atom. The van der Waals surface area contributed by atoms with Crippen LogP contribution in [0.25, 0.3) is 6.08 Å². The fourth-order valence-corrected chi connectivity index (χ4v) is 5.47. The van der Waals surface area contributed by atoms with Gasteiger partial charge >= 0.3 is 5.97 Å². The van der Waals surface area contributed by atoms with Crippen molar-refractivity contribution in [3.8, 4) is 11.5 Å². The van der Waals surface area contributed by atoms with E-state index in [4.69, 9.17) is 9.47 Å².